The van der Waals surface area contributed by atoms with E-state index in [4.69, 9.17) is 9.47 Å². The lowest BCUT2D eigenvalue weighted by molar-refractivity contribution is -0.123. The Morgan fingerprint density at radius 1 is 0.963 bits per heavy atom. The first-order valence-electron chi connectivity index (χ1n) is 8.40. The molecule has 146 valence electrons. The van der Waals surface area contributed by atoms with Crippen molar-refractivity contribution in [3.63, 3.8) is 0 Å². The van der Waals surface area contributed by atoms with Crippen LogP contribution in [0.4, 0.5) is 0 Å². The third-order valence-electron chi connectivity index (χ3n) is 3.69. The molecule has 0 aliphatic heterocycles. The number of sulfonamides is 1. The first-order chi connectivity index (χ1) is 12.8. The fraction of sp³-hybridized carbons (Fsp3) is 0.316. The van der Waals surface area contributed by atoms with Gasteiger partial charge in [0.1, 0.15) is 18.1 Å². The van der Waals surface area contributed by atoms with Crippen LogP contribution < -0.4 is 14.8 Å². The molecule has 2 aromatic carbocycles. The molecular weight excluding hydrogens is 368 g/mol. The minimum Gasteiger partial charge on any atom is -0.492 e. The summed E-state index contributed by atoms with van der Waals surface area (Å²) in [6.45, 7) is 2.48. The molecule has 8 heteroatoms. The number of nitrogens with zero attached hydrogens (tertiary/aromatic N) is 1. The van der Waals surface area contributed by atoms with E-state index in [1.165, 1.54) is 26.2 Å². The minimum atomic E-state index is -3.45. The summed E-state index contributed by atoms with van der Waals surface area (Å²) < 4.78 is 36.0. The standard InChI is InChI=1S/C19H24N2O5S/c1-15-4-6-17(7-5-15)26-14-19(22)20-12-13-25-16-8-10-18(11-9-16)27(23,24)21(2)3/h4-11H,12-14H2,1-3H3,(H,20,22). The van der Waals surface area contributed by atoms with Crippen molar-refractivity contribution in [1.29, 1.82) is 0 Å². The molecule has 0 atom stereocenters. The molecular formula is C19H24N2O5S. The fourth-order valence-electron chi connectivity index (χ4n) is 2.11. The zero-order valence-corrected chi connectivity index (χ0v) is 16.5. The van der Waals surface area contributed by atoms with E-state index in [0.29, 0.717) is 18.0 Å². The van der Waals surface area contributed by atoms with Crippen LogP contribution in [0.5, 0.6) is 11.5 Å². The fourth-order valence-corrected chi connectivity index (χ4v) is 3.01. The molecule has 0 saturated heterocycles. The van der Waals surface area contributed by atoms with Gasteiger partial charge in [0.15, 0.2) is 6.61 Å². The van der Waals surface area contributed by atoms with Gasteiger partial charge < -0.3 is 14.8 Å². The number of hydrogen-bond donors (Lipinski definition) is 1. The van der Waals surface area contributed by atoms with Gasteiger partial charge in [-0.15, -0.1) is 0 Å². The summed E-state index contributed by atoms with van der Waals surface area (Å²) in [5, 5.41) is 2.69. The molecule has 0 saturated carbocycles. The normalized spacial score (nSPS) is 11.3. The molecule has 7 nitrogen and oxygen atoms in total. The molecule has 0 fully saturated rings. The van der Waals surface area contributed by atoms with E-state index in [1.807, 2.05) is 31.2 Å². The second kappa shape index (κ2) is 9.38. The van der Waals surface area contributed by atoms with E-state index in [-0.39, 0.29) is 24.0 Å². The number of carbonyl (C=O) groups is 1. The zero-order chi connectivity index (χ0) is 19.9. The van der Waals surface area contributed by atoms with Gasteiger partial charge in [0.05, 0.1) is 11.4 Å². The monoisotopic (exact) mass is 392 g/mol. The average molecular weight is 392 g/mol. The number of benzene rings is 2. The Hall–Kier alpha value is -2.58. The molecule has 0 heterocycles. The van der Waals surface area contributed by atoms with E-state index in [0.717, 1.165) is 9.87 Å². The molecule has 2 rings (SSSR count). The van der Waals surface area contributed by atoms with Gasteiger partial charge in [0, 0.05) is 14.1 Å². The van der Waals surface area contributed by atoms with Gasteiger partial charge in [-0.25, -0.2) is 12.7 Å². The maximum atomic E-state index is 12.0. The minimum absolute atomic E-state index is 0.0693. The third kappa shape index (κ3) is 6.26. The highest BCUT2D eigenvalue weighted by molar-refractivity contribution is 7.89. The van der Waals surface area contributed by atoms with Gasteiger partial charge in [-0.3, -0.25) is 4.79 Å². The molecule has 0 bridgehead atoms. The Labute approximate surface area is 160 Å². The van der Waals surface area contributed by atoms with Crippen LogP contribution in [-0.2, 0) is 14.8 Å². The maximum absolute atomic E-state index is 12.0. The zero-order valence-electron chi connectivity index (χ0n) is 15.6. The van der Waals surface area contributed by atoms with Gasteiger partial charge in [-0.05, 0) is 43.3 Å². The van der Waals surface area contributed by atoms with Crippen molar-refractivity contribution in [2.45, 2.75) is 11.8 Å². The highest BCUT2D eigenvalue weighted by Crippen LogP contribution is 2.18. The number of aryl methyl sites for hydroxylation is 1. The SMILES string of the molecule is Cc1ccc(OCC(=O)NCCOc2ccc(S(=O)(=O)N(C)C)cc2)cc1. The van der Waals surface area contributed by atoms with Crippen molar-refractivity contribution >= 4 is 15.9 Å². The summed E-state index contributed by atoms with van der Waals surface area (Å²) in [5.41, 5.74) is 1.12. The van der Waals surface area contributed by atoms with Gasteiger partial charge in [0.25, 0.3) is 5.91 Å². The van der Waals surface area contributed by atoms with E-state index < -0.39 is 10.0 Å². The highest BCUT2D eigenvalue weighted by atomic mass is 32.2. The lowest BCUT2D eigenvalue weighted by atomic mass is 10.2. The third-order valence-corrected chi connectivity index (χ3v) is 5.52. The van der Waals surface area contributed by atoms with Gasteiger partial charge >= 0.3 is 0 Å². The van der Waals surface area contributed by atoms with Crippen molar-refractivity contribution < 1.29 is 22.7 Å². The number of nitrogens with one attached hydrogen (secondary N) is 1. The lowest BCUT2D eigenvalue weighted by Crippen LogP contribution is -2.32. The van der Waals surface area contributed by atoms with Crippen molar-refractivity contribution in [2.24, 2.45) is 0 Å². The Balaban J connectivity index is 1.70. The molecule has 2 aromatic rings. The van der Waals surface area contributed by atoms with Gasteiger partial charge in [-0.1, -0.05) is 17.7 Å². The maximum Gasteiger partial charge on any atom is 0.258 e. The Kier molecular flexibility index (Phi) is 7.20. The predicted octanol–water partition coefficient (Wildman–Crippen LogP) is 1.82. The molecule has 27 heavy (non-hydrogen) atoms. The molecule has 0 aliphatic carbocycles. The van der Waals surface area contributed by atoms with Crippen molar-refractivity contribution in [2.75, 3.05) is 33.9 Å². The number of ether oxygens (including phenoxy) is 2. The molecule has 0 unspecified atom stereocenters. The second-order valence-corrected chi connectivity index (χ2v) is 8.21. The van der Waals surface area contributed by atoms with E-state index in [9.17, 15) is 13.2 Å². The molecule has 1 N–H and O–H groups in total. The smallest absolute Gasteiger partial charge is 0.258 e. The van der Waals surface area contributed by atoms with Crippen molar-refractivity contribution in [1.82, 2.24) is 9.62 Å². The van der Waals surface area contributed by atoms with Gasteiger partial charge in [-0.2, -0.15) is 0 Å². The van der Waals surface area contributed by atoms with Crippen LogP contribution in [-0.4, -0.2) is 52.5 Å². The summed E-state index contributed by atoms with van der Waals surface area (Å²) in [6, 6.07) is 13.6. The summed E-state index contributed by atoms with van der Waals surface area (Å²) in [5.74, 6) is 0.921. The summed E-state index contributed by atoms with van der Waals surface area (Å²) >= 11 is 0. The highest BCUT2D eigenvalue weighted by Gasteiger charge is 2.16. The first kappa shape index (κ1) is 20.7. The van der Waals surface area contributed by atoms with Crippen LogP contribution in [0.15, 0.2) is 53.4 Å². The first-order valence-corrected chi connectivity index (χ1v) is 9.84. The largest absolute Gasteiger partial charge is 0.492 e. The molecule has 0 spiro atoms. The van der Waals surface area contributed by atoms with Crippen molar-refractivity contribution in [3.8, 4) is 11.5 Å². The van der Waals surface area contributed by atoms with Crippen LogP contribution in [0.3, 0.4) is 0 Å². The Morgan fingerprint density at radius 2 is 1.52 bits per heavy atom. The van der Waals surface area contributed by atoms with E-state index in [2.05, 4.69) is 5.32 Å². The Bertz CT molecular complexity index is 847. The Morgan fingerprint density at radius 3 is 2.11 bits per heavy atom. The average Bonchev–Trinajstić information content (AvgIpc) is 2.65. The number of hydrogen-bond acceptors (Lipinski definition) is 5. The summed E-state index contributed by atoms with van der Waals surface area (Å²) in [4.78, 5) is 11.9. The summed E-state index contributed by atoms with van der Waals surface area (Å²) in [6.07, 6.45) is 0. The van der Waals surface area contributed by atoms with Crippen LogP contribution in [0.1, 0.15) is 5.56 Å². The molecule has 1 amide bonds. The number of rotatable bonds is 9. The van der Waals surface area contributed by atoms with Crippen LogP contribution in [0.2, 0.25) is 0 Å². The van der Waals surface area contributed by atoms with Gasteiger partial charge in [0.2, 0.25) is 10.0 Å². The molecule has 0 aliphatic rings. The molecule has 0 radical (unpaired) electrons. The van der Waals surface area contributed by atoms with E-state index >= 15 is 0 Å². The second-order valence-electron chi connectivity index (χ2n) is 6.06. The summed E-state index contributed by atoms with van der Waals surface area (Å²) in [7, 11) is -0.501. The van der Waals surface area contributed by atoms with Crippen LogP contribution in [0, 0.1) is 6.92 Å². The van der Waals surface area contributed by atoms with Crippen LogP contribution in [0.25, 0.3) is 0 Å². The predicted molar refractivity (Wildman–Crippen MR) is 102 cm³/mol. The van der Waals surface area contributed by atoms with Crippen molar-refractivity contribution in [3.05, 3.63) is 54.1 Å². The van der Waals surface area contributed by atoms with Crippen LogP contribution >= 0.6 is 0 Å². The van der Waals surface area contributed by atoms with E-state index in [1.54, 1.807) is 12.1 Å². The number of amides is 1. The lowest BCUT2D eigenvalue weighted by Gasteiger charge is -2.12. The number of carbonyl (C=O) groups excluding carboxylic acids is 1. The molecule has 0 aromatic heterocycles. The quantitative estimate of drug-likeness (QED) is 0.658. The topological polar surface area (TPSA) is 84.9 Å².